The average molecular weight is 358 g/mol. The van der Waals surface area contributed by atoms with Crippen molar-refractivity contribution in [2.45, 2.75) is 53.4 Å². The van der Waals surface area contributed by atoms with Crippen molar-refractivity contribution in [3.8, 4) is 0 Å². The molecule has 2 aromatic carbocycles. The molecule has 0 fully saturated rings. The largest absolute Gasteiger partial charge is 0.177 e. The molecule has 0 aromatic heterocycles. The van der Waals surface area contributed by atoms with Gasteiger partial charge in [0.25, 0.3) is 0 Å². The summed E-state index contributed by atoms with van der Waals surface area (Å²) in [5, 5.41) is 0. The van der Waals surface area contributed by atoms with E-state index < -0.39 is 0 Å². The molecule has 0 saturated carbocycles. The predicted molar refractivity (Wildman–Crippen MR) is 89.4 cm³/mol. The molecule has 0 aliphatic carbocycles. The van der Waals surface area contributed by atoms with Crippen LogP contribution in [0.2, 0.25) is 0 Å². The van der Waals surface area contributed by atoms with E-state index in [1.165, 1.54) is 16.7 Å². The van der Waals surface area contributed by atoms with Crippen LogP contribution in [0.25, 0.3) is 0 Å². The van der Waals surface area contributed by atoms with Crippen molar-refractivity contribution < 1.29 is 34.1 Å². The SMILES string of the molecule is Cc1[c-]c(C)cc(C(C)C)c1.[3H]c1ccccc1C(C)C.[Y]. The Kier molecular flexibility index (Phi) is 9.12. The first-order valence-corrected chi connectivity index (χ1v) is 7.37. The van der Waals surface area contributed by atoms with E-state index >= 15 is 0 Å². The second kappa shape index (κ2) is 10.3. The van der Waals surface area contributed by atoms with Crippen LogP contribution in [0.1, 0.15) is 63.2 Å². The first-order valence-electron chi connectivity index (χ1n) is 7.87. The average Bonchev–Trinajstić information content (AvgIpc) is 2.38. The normalized spacial score (nSPS) is 10.6. The molecule has 0 aliphatic rings. The van der Waals surface area contributed by atoms with Crippen molar-refractivity contribution in [1.29, 1.82) is 0 Å². The predicted octanol–water partition coefficient (Wildman–Crippen LogP) is 6.03. The minimum atomic E-state index is 0. The molecule has 111 valence electrons. The van der Waals surface area contributed by atoms with Gasteiger partial charge in [-0.3, -0.25) is 0 Å². The zero-order valence-electron chi connectivity index (χ0n) is 15.2. The molecule has 0 N–H and O–H groups in total. The Morgan fingerprint density at radius 1 is 0.857 bits per heavy atom. The molecule has 0 saturated heterocycles. The Balaban J connectivity index is 0.000000385. The second-order valence-electron chi connectivity index (χ2n) is 5.91. The second-order valence-corrected chi connectivity index (χ2v) is 5.91. The third-order valence-corrected chi connectivity index (χ3v) is 3.18. The smallest absolute Gasteiger partial charge is 0.0626 e. The first-order chi connectivity index (χ1) is 9.81. The fourth-order valence-electron chi connectivity index (χ4n) is 2.02. The van der Waals surface area contributed by atoms with Gasteiger partial charge in [0.15, 0.2) is 0 Å². The van der Waals surface area contributed by atoms with Gasteiger partial charge in [0, 0.05) is 32.7 Å². The van der Waals surface area contributed by atoms with Gasteiger partial charge in [-0.05, 0) is 17.4 Å². The van der Waals surface area contributed by atoms with Gasteiger partial charge in [0.2, 0.25) is 0 Å². The van der Waals surface area contributed by atoms with Gasteiger partial charge >= 0.3 is 0 Å². The first kappa shape index (κ1) is 18.6. The van der Waals surface area contributed by atoms with E-state index in [2.05, 4.69) is 59.7 Å². The molecular weight excluding hydrogens is 329 g/mol. The Bertz CT molecular complexity index is 553. The van der Waals surface area contributed by atoms with Gasteiger partial charge in [-0.2, -0.15) is 34.9 Å². The Labute approximate surface area is 157 Å². The van der Waals surface area contributed by atoms with Crippen molar-refractivity contribution in [3.63, 3.8) is 0 Å². The zero-order valence-corrected chi connectivity index (χ0v) is 17.0. The maximum atomic E-state index is 7.50. The molecule has 1 heteroatoms. The van der Waals surface area contributed by atoms with Crippen molar-refractivity contribution in [3.05, 3.63) is 70.8 Å². The van der Waals surface area contributed by atoms with Crippen LogP contribution < -0.4 is 0 Å². The molecule has 2 aromatic rings. The van der Waals surface area contributed by atoms with Gasteiger partial charge in [0.05, 0.1) is 1.37 Å². The van der Waals surface area contributed by atoms with Gasteiger partial charge in [-0.1, -0.05) is 71.9 Å². The molecule has 0 atom stereocenters. The molecule has 0 spiro atoms. The van der Waals surface area contributed by atoms with Gasteiger partial charge < -0.3 is 0 Å². The van der Waals surface area contributed by atoms with E-state index in [-0.39, 0.29) is 32.7 Å². The van der Waals surface area contributed by atoms with Gasteiger partial charge in [0.1, 0.15) is 0 Å². The Hall–Kier alpha value is -0.456. The van der Waals surface area contributed by atoms with Crippen LogP contribution >= 0.6 is 0 Å². The van der Waals surface area contributed by atoms with Crippen molar-refractivity contribution in [1.82, 2.24) is 0 Å². The molecule has 21 heavy (non-hydrogen) atoms. The molecule has 1 radical (unpaired) electrons. The van der Waals surface area contributed by atoms with Crippen LogP contribution in [-0.2, 0) is 32.7 Å². The topological polar surface area (TPSA) is 0 Å². The maximum absolute atomic E-state index is 7.50. The standard InChI is InChI=1S/C11H15.C9H12.Y/c1-8(2)11-6-9(3)5-10(4)7-11;1-8(2)9-6-4-3-5-7-9;/h6-8H,1-4H3;3-8H,1-2H3;/q-1;;/i;6T;. The quantitative estimate of drug-likeness (QED) is 0.575. The molecule has 0 bridgehead atoms. The summed E-state index contributed by atoms with van der Waals surface area (Å²) in [5.41, 5.74) is 5.03. The van der Waals surface area contributed by atoms with E-state index in [1.54, 1.807) is 0 Å². The summed E-state index contributed by atoms with van der Waals surface area (Å²) in [4.78, 5) is 0. The Morgan fingerprint density at radius 3 is 1.76 bits per heavy atom. The number of rotatable bonds is 2. The molecule has 0 unspecified atom stereocenters. The molecule has 0 heterocycles. The van der Waals surface area contributed by atoms with Crippen LogP contribution in [0.4, 0.5) is 0 Å². The van der Waals surface area contributed by atoms with Crippen molar-refractivity contribution in [2.75, 3.05) is 0 Å². The number of hydrogen-bond acceptors (Lipinski definition) is 0. The van der Waals surface area contributed by atoms with E-state index in [1.807, 2.05) is 24.3 Å². The molecule has 2 rings (SSSR count). The summed E-state index contributed by atoms with van der Waals surface area (Å²) in [7, 11) is 0. The third kappa shape index (κ3) is 7.93. The van der Waals surface area contributed by atoms with Crippen LogP contribution in [0.15, 0.2) is 42.4 Å². The van der Waals surface area contributed by atoms with Crippen LogP contribution in [0.5, 0.6) is 0 Å². The van der Waals surface area contributed by atoms with Crippen LogP contribution in [0, 0.1) is 19.9 Å². The molecule has 0 nitrogen and oxygen atoms in total. The number of hydrogen-bond donors (Lipinski definition) is 0. The number of benzene rings is 2. The van der Waals surface area contributed by atoms with E-state index in [9.17, 15) is 0 Å². The monoisotopic (exact) mass is 358 g/mol. The maximum Gasteiger partial charge on any atom is 0.0626 e. The summed E-state index contributed by atoms with van der Waals surface area (Å²) in [6.07, 6.45) is 0. The van der Waals surface area contributed by atoms with E-state index in [0.29, 0.717) is 17.9 Å². The fraction of sp³-hybridized carbons (Fsp3) is 0.400. The Morgan fingerprint density at radius 2 is 1.38 bits per heavy atom. The van der Waals surface area contributed by atoms with E-state index in [0.717, 1.165) is 5.56 Å². The van der Waals surface area contributed by atoms with Gasteiger partial charge in [-0.15, -0.1) is 0 Å². The summed E-state index contributed by atoms with van der Waals surface area (Å²) in [6.45, 7) is 12.8. The minimum Gasteiger partial charge on any atom is -0.177 e. The summed E-state index contributed by atoms with van der Waals surface area (Å²) in [6, 6.07) is 16.0. The minimum absolute atomic E-state index is 0. The zero-order chi connectivity index (χ0) is 16.0. The fourth-order valence-corrected chi connectivity index (χ4v) is 2.02. The molecule has 0 aliphatic heterocycles. The molecule has 0 amide bonds. The summed E-state index contributed by atoms with van der Waals surface area (Å²) >= 11 is 0. The number of aryl methyl sites for hydroxylation is 2. The van der Waals surface area contributed by atoms with Crippen molar-refractivity contribution >= 4 is 0 Å². The van der Waals surface area contributed by atoms with Crippen molar-refractivity contribution in [2.24, 2.45) is 0 Å². The van der Waals surface area contributed by atoms with Crippen LogP contribution in [-0.4, -0.2) is 0 Å². The third-order valence-electron chi connectivity index (χ3n) is 3.18. The van der Waals surface area contributed by atoms with Gasteiger partial charge in [-0.25, -0.2) is 0 Å². The van der Waals surface area contributed by atoms with Crippen LogP contribution in [0.3, 0.4) is 0 Å². The molecular formula is C20H27Y-. The van der Waals surface area contributed by atoms with E-state index in [4.69, 9.17) is 1.37 Å². The summed E-state index contributed by atoms with van der Waals surface area (Å²) < 4.78 is 7.50. The summed E-state index contributed by atoms with van der Waals surface area (Å²) in [5.74, 6) is 1.09.